The lowest BCUT2D eigenvalue weighted by Crippen LogP contribution is -2.34. The highest BCUT2D eigenvalue weighted by Gasteiger charge is 2.12. The molecule has 0 saturated heterocycles. The molecule has 1 amide bonds. The van der Waals surface area contributed by atoms with Crippen LogP contribution in [0, 0.1) is 20.8 Å². The van der Waals surface area contributed by atoms with Crippen LogP contribution in [-0.2, 0) is 0 Å². The maximum Gasteiger partial charge on any atom is 0.257 e. The first-order chi connectivity index (χ1) is 14.4. The number of benzene rings is 3. The van der Waals surface area contributed by atoms with E-state index in [4.69, 9.17) is 17.2 Å². The molecule has 2 N–H and O–H groups in total. The van der Waals surface area contributed by atoms with Crippen molar-refractivity contribution in [2.45, 2.75) is 20.8 Å². The van der Waals surface area contributed by atoms with Gasteiger partial charge in [0.25, 0.3) is 5.91 Å². The van der Waals surface area contributed by atoms with Crippen molar-refractivity contribution < 1.29 is 4.79 Å². The Kier molecular flexibility index (Phi) is 5.61. The molecule has 0 aliphatic heterocycles. The number of thiocarbonyl (C=S) groups is 1. The second-order valence-corrected chi connectivity index (χ2v) is 8.74. The SMILES string of the molecule is Cc1cc(C)cc(C(=O)NC(=S)Nc2cc(-c3nc4ccccc4s3)ccc2C)c1. The molecule has 0 radical (unpaired) electrons. The molecule has 0 saturated carbocycles. The van der Waals surface area contributed by atoms with E-state index < -0.39 is 0 Å². The third-order valence-electron chi connectivity index (χ3n) is 4.74. The minimum absolute atomic E-state index is 0.223. The average Bonchev–Trinajstić information content (AvgIpc) is 3.13. The van der Waals surface area contributed by atoms with E-state index in [0.717, 1.165) is 43.2 Å². The van der Waals surface area contributed by atoms with Gasteiger partial charge in [-0.15, -0.1) is 11.3 Å². The summed E-state index contributed by atoms with van der Waals surface area (Å²) in [5, 5.41) is 7.15. The van der Waals surface area contributed by atoms with Crippen LogP contribution in [0.5, 0.6) is 0 Å². The van der Waals surface area contributed by atoms with Crippen molar-refractivity contribution in [2.24, 2.45) is 0 Å². The average molecular weight is 432 g/mol. The molecule has 4 aromatic rings. The zero-order chi connectivity index (χ0) is 21.3. The predicted molar refractivity (Wildman–Crippen MR) is 129 cm³/mol. The largest absolute Gasteiger partial charge is 0.332 e. The molecule has 0 bridgehead atoms. The smallest absolute Gasteiger partial charge is 0.257 e. The molecule has 1 aromatic heterocycles. The molecule has 0 spiro atoms. The highest BCUT2D eigenvalue weighted by Crippen LogP contribution is 2.32. The predicted octanol–water partition coefficient (Wildman–Crippen LogP) is 6.02. The van der Waals surface area contributed by atoms with E-state index in [1.807, 2.05) is 69.3 Å². The Morgan fingerprint density at radius 2 is 1.70 bits per heavy atom. The third kappa shape index (κ3) is 4.40. The minimum atomic E-state index is -0.223. The molecule has 30 heavy (non-hydrogen) atoms. The Balaban J connectivity index is 1.53. The number of nitrogens with zero attached hydrogens (tertiary/aromatic N) is 1. The van der Waals surface area contributed by atoms with Crippen LogP contribution < -0.4 is 10.6 Å². The van der Waals surface area contributed by atoms with Gasteiger partial charge in [-0.1, -0.05) is 41.5 Å². The van der Waals surface area contributed by atoms with Gasteiger partial charge in [-0.25, -0.2) is 4.98 Å². The summed E-state index contributed by atoms with van der Waals surface area (Å²) in [6.45, 7) is 5.94. The number of anilines is 1. The number of amides is 1. The molecular formula is C24H21N3OS2. The number of carbonyl (C=O) groups excluding carboxylic acids is 1. The van der Waals surface area contributed by atoms with Crippen molar-refractivity contribution in [3.63, 3.8) is 0 Å². The van der Waals surface area contributed by atoms with E-state index in [2.05, 4.69) is 22.8 Å². The summed E-state index contributed by atoms with van der Waals surface area (Å²) in [5.74, 6) is -0.223. The van der Waals surface area contributed by atoms with Gasteiger partial charge in [0.1, 0.15) is 5.01 Å². The maximum atomic E-state index is 12.6. The summed E-state index contributed by atoms with van der Waals surface area (Å²) in [6, 6.07) is 19.9. The normalized spacial score (nSPS) is 10.8. The molecule has 0 aliphatic rings. The van der Waals surface area contributed by atoms with Gasteiger partial charge in [0.05, 0.1) is 10.2 Å². The number of hydrogen-bond donors (Lipinski definition) is 2. The Labute approximate surface area is 185 Å². The van der Waals surface area contributed by atoms with Crippen LogP contribution in [0.15, 0.2) is 60.7 Å². The number of para-hydroxylation sites is 1. The van der Waals surface area contributed by atoms with Gasteiger partial charge in [0.2, 0.25) is 0 Å². The van der Waals surface area contributed by atoms with Gasteiger partial charge >= 0.3 is 0 Å². The van der Waals surface area contributed by atoms with Crippen molar-refractivity contribution in [1.29, 1.82) is 0 Å². The number of nitrogens with one attached hydrogen (secondary N) is 2. The zero-order valence-electron chi connectivity index (χ0n) is 16.9. The number of fused-ring (bicyclic) bond motifs is 1. The second-order valence-electron chi connectivity index (χ2n) is 7.30. The highest BCUT2D eigenvalue weighted by molar-refractivity contribution is 7.80. The maximum absolute atomic E-state index is 12.6. The molecule has 150 valence electrons. The quantitative estimate of drug-likeness (QED) is 0.390. The van der Waals surface area contributed by atoms with Crippen molar-refractivity contribution in [2.75, 3.05) is 5.32 Å². The summed E-state index contributed by atoms with van der Waals surface area (Å²) in [7, 11) is 0. The van der Waals surface area contributed by atoms with Crippen LogP contribution in [-0.4, -0.2) is 16.0 Å². The lowest BCUT2D eigenvalue weighted by Gasteiger charge is -2.13. The molecule has 0 aliphatic carbocycles. The second kappa shape index (κ2) is 8.34. The van der Waals surface area contributed by atoms with E-state index in [-0.39, 0.29) is 11.0 Å². The summed E-state index contributed by atoms with van der Waals surface area (Å²) in [4.78, 5) is 17.3. The molecule has 3 aromatic carbocycles. The van der Waals surface area contributed by atoms with Gasteiger partial charge < -0.3 is 5.32 Å². The fourth-order valence-corrected chi connectivity index (χ4v) is 4.48. The van der Waals surface area contributed by atoms with Gasteiger partial charge in [0, 0.05) is 16.8 Å². The minimum Gasteiger partial charge on any atom is -0.332 e. The van der Waals surface area contributed by atoms with Crippen LogP contribution in [0.2, 0.25) is 0 Å². The lowest BCUT2D eigenvalue weighted by molar-refractivity contribution is 0.0977. The first-order valence-corrected chi connectivity index (χ1v) is 10.8. The number of aromatic nitrogens is 1. The van der Waals surface area contributed by atoms with E-state index in [9.17, 15) is 4.79 Å². The lowest BCUT2D eigenvalue weighted by atomic mass is 10.1. The number of thiazole rings is 1. The van der Waals surface area contributed by atoms with Crippen LogP contribution in [0.4, 0.5) is 5.69 Å². The third-order valence-corrected chi connectivity index (χ3v) is 6.03. The van der Waals surface area contributed by atoms with E-state index in [1.165, 1.54) is 0 Å². The highest BCUT2D eigenvalue weighted by atomic mass is 32.1. The number of rotatable bonds is 3. The molecule has 6 heteroatoms. The van der Waals surface area contributed by atoms with Crippen LogP contribution in [0.3, 0.4) is 0 Å². The monoisotopic (exact) mass is 431 g/mol. The van der Waals surface area contributed by atoms with Crippen LogP contribution in [0.1, 0.15) is 27.0 Å². The van der Waals surface area contributed by atoms with E-state index >= 15 is 0 Å². The molecular weight excluding hydrogens is 410 g/mol. The number of hydrogen-bond acceptors (Lipinski definition) is 4. The Morgan fingerprint density at radius 1 is 0.967 bits per heavy atom. The molecule has 4 nitrogen and oxygen atoms in total. The summed E-state index contributed by atoms with van der Waals surface area (Å²) in [5.41, 5.74) is 6.55. The topological polar surface area (TPSA) is 54.0 Å². The Morgan fingerprint density at radius 3 is 2.43 bits per heavy atom. The van der Waals surface area contributed by atoms with Gasteiger partial charge in [-0.3, -0.25) is 10.1 Å². The van der Waals surface area contributed by atoms with Gasteiger partial charge in [-0.05, 0) is 68.9 Å². The first kappa shape index (κ1) is 20.2. The Hall–Kier alpha value is -3.09. The van der Waals surface area contributed by atoms with Crippen molar-refractivity contribution in [1.82, 2.24) is 10.3 Å². The fraction of sp³-hybridized carbons (Fsp3) is 0.125. The summed E-state index contributed by atoms with van der Waals surface area (Å²) >= 11 is 7.05. The summed E-state index contributed by atoms with van der Waals surface area (Å²) in [6.07, 6.45) is 0. The molecule has 4 rings (SSSR count). The number of carbonyl (C=O) groups is 1. The van der Waals surface area contributed by atoms with E-state index in [1.54, 1.807) is 11.3 Å². The van der Waals surface area contributed by atoms with Crippen molar-refractivity contribution in [3.05, 3.63) is 82.9 Å². The zero-order valence-corrected chi connectivity index (χ0v) is 18.6. The van der Waals surface area contributed by atoms with Gasteiger partial charge in [-0.2, -0.15) is 0 Å². The molecule has 1 heterocycles. The molecule has 0 fully saturated rings. The fourth-order valence-electron chi connectivity index (χ4n) is 3.32. The molecule has 0 unspecified atom stereocenters. The van der Waals surface area contributed by atoms with Gasteiger partial charge in [0.15, 0.2) is 5.11 Å². The van der Waals surface area contributed by atoms with Crippen molar-refractivity contribution >= 4 is 50.5 Å². The van der Waals surface area contributed by atoms with Crippen LogP contribution in [0.25, 0.3) is 20.8 Å². The first-order valence-electron chi connectivity index (χ1n) is 9.56. The molecule has 0 atom stereocenters. The summed E-state index contributed by atoms with van der Waals surface area (Å²) < 4.78 is 1.15. The van der Waals surface area contributed by atoms with Crippen LogP contribution >= 0.6 is 23.6 Å². The standard InChI is InChI=1S/C24H21N3OS2/c1-14-10-15(2)12-18(11-14)22(28)27-24(29)26-20-13-17(9-8-16(20)3)23-25-19-6-4-5-7-21(19)30-23/h4-13H,1-3H3,(H2,26,27,28,29). The van der Waals surface area contributed by atoms with E-state index in [0.29, 0.717) is 5.56 Å². The van der Waals surface area contributed by atoms with Crippen molar-refractivity contribution in [3.8, 4) is 10.6 Å². The number of aryl methyl sites for hydroxylation is 3. The Bertz CT molecular complexity index is 1220.